The summed E-state index contributed by atoms with van der Waals surface area (Å²) in [7, 11) is 0. The van der Waals surface area contributed by atoms with Crippen LogP contribution >= 0.6 is 0 Å². The SMILES string of the molecule is CCCCCCOc1cc(O)ccc1C(C)(C)c1ccc(O)cc1OCCCCCC. The van der Waals surface area contributed by atoms with E-state index in [9.17, 15) is 10.2 Å². The van der Waals surface area contributed by atoms with Crippen molar-refractivity contribution in [1.29, 1.82) is 0 Å². The van der Waals surface area contributed by atoms with Crippen molar-refractivity contribution in [1.82, 2.24) is 0 Å². The maximum atomic E-state index is 10.1. The molecule has 0 aliphatic heterocycles. The van der Waals surface area contributed by atoms with Crippen LogP contribution in [0.2, 0.25) is 0 Å². The van der Waals surface area contributed by atoms with Gasteiger partial charge < -0.3 is 19.7 Å². The number of benzene rings is 2. The molecule has 0 aliphatic rings. The topological polar surface area (TPSA) is 58.9 Å². The average Bonchev–Trinajstić information content (AvgIpc) is 2.73. The van der Waals surface area contributed by atoms with Crippen molar-refractivity contribution in [2.45, 2.75) is 84.5 Å². The lowest BCUT2D eigenvalue weighted by atomic mass is 9.77. The number of phenols is 2. The van der Waals surface area contributed by atoms with Gasteiger partial charge in [-0.1, -0.05) is 78.4 Å². The predicted molar refractivity (Wildman–Crippen MR) is 128 cm³/mol. The van der Waals surface area contributed by atoms with E-state index in [4.69, 9.17) is 9.47 Å². The largest absolute Gasteiger partial charge is 0.508 e. The number of hydrogen-bond acceptors (Lipinski definition) is 4. The van der Waals surface area contributed by atoms with E-state index in [2.05, 4.69) is 27.7 Å². The minimum atomic E-state index is -0.432. The van der Waals surface area contributed by atoms with Crippen LogP contribution in [0, 0.1) is 0 Å². The Kier molecular flexibility index (Phi) is 10.0. The van der Waals surface area contributed by atoms with E-state index in [1.807, 2.05) is 12.1 Å². The summed E-state index contributed by atoms with van der Waals surface area (Å²) >= 11 is 0. The van der Waals surface area contributed by atoms with Crippen LogP contribution in [-0.4, -0.2) is 23.4 Å². The van der Waals surface area contributed by atoms with Gasteiger partial charge in [0.15, 0.2) is 0 Å². The van der Waals surface area contributed by atoms with Crippen molar-refractivity contribution >= 4 is 0 Å². The van der Waals surface area contributed by atoms with Gasteiger partial charge in [0.2, 0.25) is 0 Å². The summed E-state index contributed by atoms with van der Waals surface area (Å²) < 4.78 is 12.2. The lowest BCUT2D eigenvalue weighted by Gasteiger charge is -2.30. The summed E-state index contributed by atoms with van der Waals surface area (Å²) in [6, 6.07) is 10.6. The third kappa shape index (κ3) is 7.37. The Hall–Kier alpha value is -2.36. The zero-order valence-electron chi connectivity index (χ0n) is 19.7. The highest BCUT2D eigenvalue weighted by Crippen LogP contribution is 2.43. The van der Waals surface area contributed by atoms with Gasteiger partial charge >= 0.3 is 0 Å². The molecule has 4 nitrogen and oxygen atoms in total. The third-order valence-corrected chi connectivity index (χ3v) is 5.79. The van der Waals surface area contributed by atoms with Crippen molar-refractivity contribution in [2.75, 3.05) is 13.2 Å². The molecule has 0 saturated carbocycles. The second-order valence-corrected chi connectivity index (χ2v) is 8.80. The van der Waals surface area contributed by atoms with Crippen LogP contribution in [0.1, 0.15) is 90.2 Å². The quantitative estimate of drug-likeness (QED) is 0.309. The fourth-order valence-electron chi connectivity index (χ4n) is 3.86. The van der Waals surface area contributed by atoms with Crippen LogP contribution in [0.15, 0.2) is 36.4 Å². The molecule has 0 aromatic heterocycles. The molecule has 31 heavy (non-hydrogen) atoms. The van der Waals surface area contributed by atoms with Gasteiger partial charge in [0, 0.05) is 28.7 Å². The van der Waals surface area contributed by atoms with Crippen LogP contribution < -0.4 is 9.47 Å². The Morgan fingerprint density at radius 3 is 1.45 bits per heavy atom. The average molecular weight is 429 g/mol. The summed E-state index contributed by atoms with van der Waals surface area (Å²) in [5.74, 6) is 1.79. The lowest BCUT2D eigenvalue weighted by molar-refractivity contribution is 0.289. The van der Waals surface area contributed by atoms with E-state index in [1.165, 1.54) is 25.7 Å². The Bertz CT molecular complexity index is 732. The summed E-state index contributed by atoms with van der Waals surface area (Å²) in [6.07, 6.45) is 9.05. The fraction of sp³-hybridized carbons (Fsp3) is 0.556. The fourth-order valence-corrected chi connectivity index (χ4v) is 3.86. The summed E-state index contributed by atoms with van der Waals surface area (Å²) in [5.41, 5.74) is 1.54. The van der Waals surface area contributed by atoms with E-state index in [1.54, 1.807) is 24.3 Å². The molecule has 0 bridgehead atoms. The van der Waals surface area contributed by atoms with Crippen molar-refractivity contribution in [3.05, 3.63) is 47.5 Å². The summed E-state index contributed by atoms with van der Waals surface area (Å²) in [6.45, 7) is 9.89. The van der Waals surface area contributed by atoms with Crippen LogP contribution in [0.3, 0.4) is 0 Å². The summed E-state index contributed by atoms with van der Waals surface area (Å²) in [5, 5.41) is 20.1. The van der Waals surface area contributed by atoms with E-state index < -0.39 is 5.41 Å². The number of unbranched alkanes of at least 4 members (excludes halogenated alkanes) is 6. The molecular formula is C27H40O4. The van der Waals surface area contributed by atoms with Gasteiger partial charge in [0.1, 0.15) is 23.0 Å². The van der Waals surface area contributed by atoms with Crippen LogP contribution in [0.5, 0.6) is 23.0 Å². The molecule has 0 unspecified atom stereocenters. The molecule has 0 heterocycles. The Morgan fingerprint density at radius 1 is 0.645 bits per heavy atom. The zero-order chi connectivity index (χ0) is 22.7. The molecule has 0 radical (unpaired) electrons. The van der Waals surface area contributed by atoms with Gasteiger partial charge in [-0.25, -0.2) is 0 Å². The second kappa shape index (κ2) is 12.5. The van der Waals surface area contributed by atoms with E-state index in [-0.39, 0.29) is 11.5 Å². The van der Waals surface area contributed by atoms with Gasteiger partial charge in [-0.3, -0.25) is 0 Å². The first-order chi connectivity index (χ1) is 14.9. The van der Waals surface area contributed by atoms with Crippen LogP contribution in [0.4, 0.5) is 0 Å². The van der Waals surface area contributed by atoms with Gasteiger partial charge in [0.25, 0.3) is 0 Å². The molecule has 0 fully saturated rings. The van der Waals surface area contributed by atoms with E-state index in [0.717, 1.165) is 36.8 Å². The van der Waals surface area contributed by atoms with Crippen LogP contribution in [-0.2, 0) is 5.41 Å². The van der Waals surface area contributed by atoms with Crippen LogP contribution in [0.25, 0.3) is 0 Å². The second-order valence-electron chi connectivity index (χ2n) is 8.80. The highest BCUT2D eigenvalue weighted by atomic mass is 16.5. The Balaban J connectivity index is 2.25. The summed E-state index contributed by atoms with van der Waals surface area (Å²) in [4.78, 5) is 0. The molecule has 0 aliphatic carbocycles. The van der Waals surface area contributed by atoms with E-state index in [0.29, 0.717) is 24.7 Å². The molecule has 0 amide bonds. The minimum absolute atomic E-state index is 0.196. The van der Waals surface area contributed by atoms with Crippen molar-refractivity contribution in [2.24, 2.45) is 0 Å². The molecular weight excluding hydrogens is 388 g/mol. The van der Waals surface area contributed by atoms with Crippen molar-refractivity contribution in [3.63, 3.8) is 0 Å². The standard InChI is InChI=1S/C27H40O4/c1-5-7-9-11-17-30-25-19-21(28)13-15-23(25)27(3,4)24-16-14-22(29)20-26(24)31-18-12-10-8-6-2/h13-16,19-20,28-29H,5-12,17-18H2,1-4H3. The van der Waals surface area contributed by atoms with Gasteiger partial charge in [0.05, 0.1) is 13.2 Å². The molecule has 2 N–H and O–H groups in total. The zero-order valence-corrected chi connectivity index (χ0v) is 19.7. The number of ether oxygens (including phenoxy) is 2. The maximum Gasteiger partial charge on any atom is 0.127 e. The predicted octanol–water partition coefficient (Wildman–Crippen LogP) is 7.34. The third-order valence-electron chi connectivity index (χ3n) is 5.79. The molecule has 4 heteroatoms. The normalized spacial score (nSPS) is 11.5. The molecule has 2 aromatic carbocycles. The minimum Gasteiger partial charge on any atom is -0.508 e. The van der Waals surface area contributed by atoms with Crippen molar-refractivity contribution in [3.8, 4) is 23.0 Å². The Labute approximate surface area is 188 Å². The van der Waals surface area contributed by atoms with Gasteiger partial charge in [-0.05, 0) is 25.0 Å². The lowest BCUT2D eigenvalue weighted by Crippen LogP contribution is -2.21. The monoisotopic (exact) mass is 428 g/mol. The first-order valence-electron chi connectivity index (χ1n) is 11.8. The molecule has 0 spiro atoms. The first-order valence-corrected chi connectivity index (χ1v) is 11.8. The number of aromatic hydroxyl groups is 2. The molecule has 0 saturated heterocycles. The van der Waals surface area contributed by atoms with Crippen molar-refractivity contribution < 1.29 is 19.7 Å². The number of phenolic OH excluding ortho intramolecular Hbond substituents is 2. The van der Waals surface area contributed by atoms with Gasteiger partial charge in [-0.2, -0.15) is 0 Å². The maximum absolute atomic E-state index is 10.1. The number of hydrogen-bond donors (Lipinski definition) is 2. The molecule has 172 valence electrons. The highest BCUT2D eigenvalue weighted by Gasteiger charge is 2.30. The highest BCUT2D eigenvalue weighted by molar-refractivity contribution is 5.54. The van der Waals surface area contributed by atoms with Gasteiger partial charge in [-0.15, -0.1) is 0 Å². The Morgan fingerprint density at radius 2 is 1.06 bits per heavy atom. The number of rotatable bonds is 14. The molecule has 0 atom stereocenters. The smallest absolute Gasteiger partial charge is 0.127 e. The molecule has 2 rings (SSSR count). The molecule has 2 aromatic rings. The van der Waals surface area contributed by atoms with E-state index >= 15 is 0 Å². The first kappa shape index (κ1) is 24.9.